The van der Waals surface area contributed by atoms with Crippen LogP contribution in [0.3, 0.4) is 0 Å². The number of nitro benzene ring substituents is 1. The second kappa shape index (κ2) is 6.51. The van der Waals surface area contributed by atoms with Crippen LogP contribution in [0.4, 0.5) is 10.8 Å². The van der Waals surface area contributed by atoms with Crippen LogP contribution in [0.5, 0.6) is 0 Å². The van der Waals surface area contributed by atoms with Gasteiger partial charge in [-0.05, 0) is 24.5 Å². The monoisotopic (exact) mass is 385 g/mol. The molecule has 4 rings (SSSR count). The number of rotatable bonds is 3. The first-order valence-electron chi connectivity index (χ1n) is 7.86. The number of thiazole rings is 1. The van der Waals surface area contributed by atoms with E-state index in [2.05, 4.69) is 16.4 Å². The number of non-ortho nitro benzene ring substituents is 1. The van der Waals surface area contributed by atoms with Crippen LogP contribution in [-0.4, -0.2) is 15.8 Å². The Morgan fingerprint density at radius 3 is 2.85 bits per heavy atom. The number of halogens is 1. The van der Waals surface area contributed by atoms with E-state index >= 15 is 0 Å². The van der Waals surface area contributed by atoms with Gasteiger partial charge in [-0.25, -0.2) is 4.98 Å². The Balaban J connectivity index is 1.64. The molecule has 0 spiro atoms. The second-order valence-electron chi connectivity index (χ2n) is 5.82. The van der Waals surface area contributed by atoms with E-state index in [1.165, 1.54) is 35.1 Å². The minimum atomic E-state index is -0.563. The average molecular weight is 386 g/mol. The molecule has 8 heteroatoms. The largest absolute Gasteiger partial charge is 0.298 e. The van der Waals surface area contributed by atoms with Crippen LogP contribution in [0.25, 0.3) is 11.3 Å². The Morgan fingerprint density at radius 2 is 2.04 bits per heavy atom. The maximum absolute atomic E-state index is 12.5. The van der Waals surface area contributed by atoms with Crippen LogP contribution < -0.4 is 5.32 Å². The van der Waals surface area contributed by atoms with E-state index in [1.807, 2.05) is 18.2 Å². The lowest BCUT2D eigenvalue weighted by atomic mass is 9.94. The molecule has 1 aromatic heterocycles. The third-order valence-corrected chi connectivity index (χ3v) is 5.58. The van der Waals surface area contributed by atoms with Gasteiger partial charge >= 0.3 is 0 Å². The molecule has 1 amide bonds. The number of nitro groups is 1. The van der Waals surface area contributed by atoms with Gasteiger partial charge in [0.25, 0.3) is 11.6 Å². The van der Waals surface area contributed by atoms with Gasteiger partial charge in [-0.2, -0.15) is 0 Å². The van der Waals surface area contributed by atoms with Crippen molar-refractivity contribution in [3.63, 3.8) is 0 Å². The molecule has 1 heterocycles. The van der Waals surface area contributed by atoms with Crippen molar-refractivity contribution in [3.8, 4) is 11.3 Å². The number of aromatic nitrogens is 1. The van der Waals surface area contributed by atoms with Gasteiger partial charge in [0.2, 0.25) is 0 Å². The highest BCUT2D eigenvalue weighted by molar-refractivity contribution is 7.16. The molecule has 2 aromatic carbocycles. The minimum Gasteiger partial charge on any atom is -0.298 e. The van der Waals surface area contributed by atoms with Crippen LogP contribution in [0.2, 0.25) is 5.02 Å². The molecule has 1 aliphatic rings. The van der Waals surface area contributed by atoms with Gasteiger partial charge in [0.15, 0.2) is 5.13 Å². The SMILES string of the molecule is O=C(Nc1nc2c(s1)CCc1ccccc1-2)c1cc([N+](=O)[O-])ccc1Cl. The second-order valence-corrected chi connectivity index (χ2v) is 7.31. The van der Waals surface area contributed by atoms with Gasteiger partial charge in [-0.15, -0.1) is 11.3 Å². The third-order valence-electron chi connectivity index (χ3n) is 4.22. The molecule has 0 aliphatic heterocycles. The lowest BCUT2D eigenvalue weighted by molar-refractivity contribution is -0.384. The molecule has 1 N–H and O–H groups in total. The number of hydrogen-bond donors (Lipinski definition) is 1. The predicted octanol–water partition coefficient (Wildman–Crippen LogP) is 4.72. The fourth-order valence-corrected chi connectivity index (χ4v) is 4.14. The molecule has 26 heavy (non-hydrogen) atoms. The normalized spacial score (nSPS) is 12.2. The van der Waals surface area contributed by atoms with Crippen molar-refractivity contribution in [1.29, 1.82) is 0 Å². The van der Waals surface area contributed by atoms with Crippen molar-refractivity contribution < 1.29 is 9.72 Å². The van der Waals surface area contributed by atoms with Gasteiger partial charge < -0.3 is 0 Å². The number of fused-ring (bicyclic) bond motifs is 3. The molecule has 0 radical (unpaired) electrons. The first-order chi connectivity index (χ1) is 12.5. The molecular weight excluding hydrogens is 374 g/mol. The van der Waals surface area contributed by atoms with Crippen LogP contribution in [-0.2, 0) is 12.8 Å². The number of carbonyl (C=O) groups is 1. The molecule has 3 aromatic rings. The van der Waals surface area contributed by atoms with Crippen molar-refractivity contribution >= 4 is 39.7 Å². The Morgan fingerprint density at radius 1 is 1.23 bits per heavy atom. The zero-order chi connectivity index (χ0) is 18.3. The summed E-state index contributed by atoms with van der Waals surface area (Å²) in [6, 6.07) is 11.8. The van der Waals surface area contributed by atoms with E-state index in [1.54, 1.807) is 0 Å². The number of nitrogens with one attached hydrogen (secondary N) is 1. The number of amides is 1. The molecule has 1 aliphatic carbocycles. The highest BCUT2D eigenvalue weighted by atomic mass is 35.5. The topological polar surface area (TPSA) is 85.1 Å². The molecule has 0 saturated carbocycles. The zero-order valence-electron chi connectivity index (χ0n) is 13.4. The summed E-state index contributed by atoms with van der Waals surface area (Å²) in [7, 11) is 0. The number of carbonyl (C=O) groups excluding carboxylic acids is 1. The van der Waals surface area contributed by atoms with Crippen molar-refractivity contribution in [2.24, 2.45) is 0 Å². The summed E-state index contributed by atoms with van der Waals surface area (Å²) < 4.78 is 0. The van der Waals surface area contributed by atoms with Crippen molar-refractivity contribution in [2.45, 2.75) is 12.8 Å². The van der Waals surface area contributed by atoms with E-state index < -0.39 is 10.8 Å². The highest BCUT2D eigenvalue weighted by Gasteiger charge is 2.22. The van der Waals surface area contributed by atoms with Gasteiger partial charge in [-0.1, -0.05) is 35.9 Å². The summed E-state index contributed by atoms with van der Waals surface area (Å²) in [5, 5.41) is 14.2. The summed E-state index contributed by atoms with van der Waals surface area (Å²) >= 11 is 7.45. The predicted molar refractivity (Wildman–Crippen MR) is 101 cm³/mol. The van der Waals surface area contributed by atoms with E-state index in [-0.39, 0.29) is 16.3 Å². The quantitative estimate of drug-likeness (QED) is 0.522. The van der Waals surface area contributed by atoms with Crippen molar-refractivity contribution in [1.82, 2.24) is 4.98 Å². The fraction of sp³-hybridized carbons (Fsp3) is 0.111. The van der Waals surface area contributed by atoms with Crippen LogP contribution in [0, 0.1) is 10.1 Å². The standard InChI is InChI=1S/C18H12ClN3O3S/c19-14-7-6-11(22(24)25)9-13(14)17(23)21-18-20-16-12-4-2-1-3-10(12)5-8-15(16)26-18/h1-4,6-7,9H,5,8H2,(H,20,21,23). The summed E-state index contributed by atoms with van der Waals surface area (Å²) in [6.45, 7) is 0. The van der Waals surface area contributed by atoms with Gasteiger partial charge in [0.05, 0.1) is 21.2 Å². The number of aryl methyl sites for hydroxylation is 2. The van der Waals surface area contributed by atoms with E-state index in [0.717, 1.165) is 29.0 Å². The smallest absolute Gasteiger partial charge is 0.270 e. The molecule has 0 fully saturated rings. The average Bonchev–Trinajstić information content (AvgIpc) is 3.04. The van der Waals surface area contributed by atoms with E-state index in [9.17, 15) is 14.9 Å². The maximum atomic E-state index is 12.5. The molecule has 0 unspecified atom stereocenters. The van der Waals surface area contributed by atoms with Crippen LogP contribution >= 0.6 is 22.9 Å². The molecule has 0 bridgehead atoms. The molecular formula is C18H12ClN3O3S. The summed E-state index contributed by atoms with van der Waals surface area (Å²) in [4.78, 5) is 28.5. The summed E-state index contributed by atoms with van der Waals surface area (Å²) in [5.41, 5.74) is 3.07. The minimum absolute atomic E-state index is 0.0504. The highest BCUT2D eigenvalue weighted by Crippen LogP contribution is 2.38. The number of nitrogens with zero attached hydrogens (tertiary/aromatic N) is 2. The molecule has 0 saturated heterocycles. The Bertz CT molecular complexity index is 1050. The molecule has 0 atom stereocenters. The Kier molecular flexibility index (Phi) is 4.18. The Hall–Kier alpha value is -2.77. The molecule has 130 valence electrons. The van der Waals surface area contributed by atoms with E-state index in [4.69, 9.17) is 11.6 Å². The Labute approximate surface area is 157 Å². The lowest BCUT2D eigenvalue weighted by Crippen LogP contribution is -2.12. The first kappa shape index (κ1) is 16.7. The van der Waals surface area contributed by atoms with Gasteiger partial charge in [0.1, 0.15) is 0 Å². The number of benzene rings is 2. The third kappa shape index (κ3) is 2.95. The zero-order valence-corrected chi connectivity index (χ0v) is 14.9. The van der Waals surface area contributed by atoms with E-state index in [0.29, 0.717) is 5.13 Å². The lowest BCUT2D eigenvalue weighted by Gasteiger charge is -2.13. The number of anilines is 1. The summed E-state index contributed by atoms with van der Waals surface area (Å²) in [5.74, 6) is -0.516. The van der Waals surface area contributed by atoms with Crippen molar-refractivity contribution in [2.75, 3.05) is 5.32 Å². The van der Waals surface area contributed by atoms with Crippen molar-refractivity contribution in [3.05, 3.63) is 73.6 Å². The fourth-order valence-electron chi connectivity index (χ4n) is 2.97. The first-order valence-corrected chi connectivity index (χ1v) is 9.05. The van der Waals surface area contributed by atoms with Gasteiger partial charge in [0, 0.05) is 22.6 Å². The number of hydrogen-bond acceptors (Lipinski definition) is 5. The van der Waals surface area contributed by atoms with Crippen LogP contribution in [0.15, 0.2) is 42.5 Å². The van der Waals surface area contributed by atoms with Gasteiger partial charge in [-0.3, -0.25) is 20.2 Å². The van der Waals surface area contributed by atoms with Crippen LogP contribution in [0.1, 0.15) is 20.8 Å². The molecule has 6 nitrogen and oxygen atoms in total. The summed E-state index contributed by atoms with van der Waals surface area (Å²) in [6.07, 6.45) is 1.81. The maximum Gasteiger partial charge on any atom is 0.270 e.